The van der Waals surface area contributed by atoms with Crippen molar-refractivity contribution >= 4 is 45.2 Å². The average Bonchev–Trinajstić information content (AvgIpc) is 2.96. The molecule has 0 N–H and O–H groups in total. The first-order valence-electron chi connectivity index (χ1n) is 7.38. The van der Waals surface area contributed by atoms with Crippen LogP contribution in [0.1, 0.15) is 11.1 Å². The largest absolute Gasteiger partial charge is 0.423 e. The third kappa shape index (κ3) is 2.94. The fourth-order valence-electron chi connectivity index (χ4n) is 2.57. The Kier molecular flexibility index (Phi) is 3.86. The first kappa shape index (κ1) is 15.9. The fraction of sp³-hybridized carbons (Fsp3) is 0.118. The van der Waals surface area contributed by atoms with Gasteiger partial charge in [0.25, 0.3) is 0 Å². The van der Waals surface area contributed by atoms with E-state index in [1.165, 1.54) is 10.9 Å². The van der Waals surface area contributed by atoms with Crippen LogP contribution in [0.2, 0.25) is 10.0 Å². The van der Waals surface area contributed by atoms with E-state index in [9.17, 15) is 4.79 Å². The number of hydrogen-bond donors (Lipinski definition) is 0. The SMILES string of the molecule is Cc1cc2oc(=O)cc(COn3nnc4ccc(Cl)cc43)c2cc1Cl. The van der Waals surface area contributed by atoms with Gasteiger partial charge >= 0.3 is 5.63 Å². The normalized spacial score (nSPS) is 11.3. The lowest BCUT2D eigenvalue weighted by Gasteiger charge is -2.09. The molecule has 0 bridgehead atoms. The molecule has 0 aliphatic heterocycles. The van der Waals surface area contributed by atoms with E-state index >= 15 is 0 Å². The molecule has 2 aromatic carbocycles. The van der Waals surface area contributed by atoms with Crippen molar-refractivity contribution < 1.29 is 9.25 Å². The molecule has 0 atom stereocenters. The van der Waals surface area contributed by atoms with Gasteiger partial charge in [-0.3, -0.25) is 0 Å². The van der Waals surface area contributed by atoms with Crippen LogP contribution in [-0.2, 0) is 6.61 Å². The smallest absolute Gasteiger partial charge is 0.336 e. The first-order chi connectivity index (χ1) is 12.0. The number of aromatic nitrogens is 3. The molecule has 0 aliphatic rings. The summed E-state index contributed by atoms with van der Waals surface area (Å²) in [6.07, 6.45) is 0. The minimum absolute atomic E-state index is 0.0897. The van der Waals surface area contributed by atoms with Crippen molar-refractivity contribution in [3.05, 3.63) is 68.0 Å². The Balaban J connectivity index is 1.74. The van der Waals surface area contributed by atoms with Crippen LogP contribution >= 0.6 is 23.2 Å². The van der Waals surface area contributed by atoms with Gasteiger partial charge in [0, 0.05) is 27.1 Å². The third-order valence-electron chi connectivity index (χ3n) is 3.83. The second-order valence-corrected chi connectivity index (χ2v) is 6.40. The second kappa shape index (κ2) is 6.06. The summed E-state index contributed by atoms with van der Waals surface area (Å²) in [5.74, 6) is 0. The van der Waals surface area contributed by atoms with Gasteiger partial charge in [-0.05, 0) is 48.0 Å². The number of nitrogens with zero attached hydrogens (tertiary/aromatic N) is 3. The van der Waals surface area contributed by atoms with E-state index in [0.29, 0.717) is 37.6 Å². The molecular formula is C17H11Cl2N3O3. The highest BCUT2D eigenvalue weighted by Gasteiger charge is 2.11. The van der Waals surface area contributed by atoms with E-state index in [1.807, 2.05) is 6.92 Å². The summed E-state index contributed by atoms with van der Waals surface area (Å²) in [6, 6.07) is 10.0. The molecule has 2 heterocycles. The molecule has 4 rings (SSSR count). The molecule has 6 nitrogen and oxygen atoms in total. The predicted molar refractivity (Wildman–Crippen MR) is 95.1 cm³/mol. The average molecular weight is 376 g/mol. The van der Waals surface area contributed by atoms with Crippen molar-refractivity contribution in [1.29, 1.82) is 0 Å². The Morgan fingerprint density at radius 2 is 2.04 bits per heavy atom. The van der Waals surface area contributed by atoms with Crippen LogP contribution in [-0.4, -0.2) is 15.2 Å². The Bertz CT molecular complexity index is 1170. The number of benzene rings is 2. The minimum Gasteiger partial charge on any atom is -0.423 e. The van der Waals surface area contributed by atoms with E-state index < -0.39 is 5.63 Å². The van der Waals surface area contributed by atoms with E-state index in [-0.39, 0.29) is 6.61 Å². The molecule has 8 heteroatoms. The van der Waals surface area contributed by atoms with Gasteiger partial charge in [-0.2, -0.15) is 0 Å². The van der Waals surface area contributed by atoms with E-state index in [1.54, 1.807) is 30.3 Å². The molecule has 0 aliphatic carbocycles. The van der Waals surface area contributed by atoms with Gasteiger partial charge in [-0.25, -0.2) is 4.79 Å². The summed E-state index contributed by atoms with van der Waals surface area (Å²) in [7, 11) is 0. The van der Waals surface area contributed by atoms with Crippen LogP contribution in [0.3, 0.4) is 0 Å². The quantitative estimate of drug-likeness (QED) is 0.509. The van der Waals surface area contributed by atoms with Gasteiger partial charge in [0.15, 0.2) is 0 Å². The summed E-state index contributed by atoms with van der Waals surface area (Å²) in [5.41, 5.74) is 2.75. The van der Waals surface area contributed by atoms with Gasteiger partial charge in [-0.15, -0.1) is 5.10 Å². The Hall–Kier alpha value is -2.57. The van der Waals surface area contributed by atoms with Gasteiger partial charge in [-0.1, -0.05) is 28.0 Å². The lowest BCUT2D eigenvalue weighted by Crippen LogP contribution is -2.14. The van der Waals surface area contributed by atoms with E-state index in [2.05, 4.69) is 10.3 Å². The fourth-order valence-corrected chi connectivity index (χ4v) is 2.90. The number of rotatable bonds is 3. The van der Waals surface area contributed by atoms with Gasteiger partial charge < -0.3 is 9.25 Å². The summed E-state index contributed by atoms with van der Waals surface area (Å²) >= 11 is 12.2. The predicted octanol–water partition coefficient (Wildman–Crippen LogP) is 3.78. The summed E-state index contributed by atoms with van der Waals surface area (Å²) in [4.78, 5) is 18.8. The summed E-state index contributed by atoms with van der Waals surface area (Å²) < 4.78 is 5.24. The lowest BCUT2D eigenvalue weighted by molar-refractivity contribution is 0.0756. The number of aryl methyl sites for hydroxylation is 1. The Morgan fingerprint density at radius 3 is 2.88 bits per heavy atom. The van der Waals surface area contributed by atoms with Crippen molar-refractivity contribution in [2.75, 3.05) is 0 Å². The number of fused-ring (bicyclic) bond motifs is 2. The monoisotopic (exact) mass is 375 g/mol. The molecule has 0 saturated carbocycles. The van der Waals surface area contributed by atoms with Crippen molar-refractivity contribution in [2.45, 2.75) is 13.5 Å². The number of halogens is 2. The molecule has 0 radical (unpaired) electrons. The molecule has 25 heavy (non-hydrogen) atoms. The zero-order chi connectivity index (χ0) is 17.6. The zero-order valence-corrected chi connectivity index (χ0v) is 14.5. The molecule has 0 unspecified atom stereocenters. The highest BCUT2D eigenvalue weighted by Crippen LogP contribution is 2.25. The first-order valence-corrected chi connectivity index (χ1v) is 8.14. The van der Waals surface area contributed by atoms with Crippen molar-refractivity contribution in [1.82, 2.24) is 15.2 Å². The molecule has 0 spiro atoms. The Labute approximate surface area is 151 Å². The standard InChI is InChI=1S/C17H11Cl2N3O3/c1-9-4-16-12(7-13(9)19)10(5-17(23)25-16)8-24-22-15-6-11(18)2-3-14(15)20-21-22/h2-7H,8H2,1H3. The molecule has 0 fully saturated rings. The molecule has 126 valence electrons. The van der Waals surface area contributed by atoms with Gasteiger partial charge in [0.05, 0.1) is 0 Å². The topological polar surface area (TPSA) is 70.2 Å². The van der Waals surface area contributed by atoms with Crippen molar-refractivity contribution in [3.63, 3.8) is 0 Å². The van der Waals surface area contributed by atoms with Crippen LogP contribution in [0.4, 0.5) is 0 Å². The van der Waals surface area contributed by atoms with Crippen LogP contribution in [0.15, 0.2) is 45.6 Å². The molecular weight excluding hydrogens is 365 g/mol. The number of hydrogen-bond acceptors (Lipinski definition) is 5. The zero-order valence-electron chi connectivity index (χ0n) is 13.0. The van der Waals surface area contributed by atoms with Crippen LogP contribution in [0.25, 0.3) is 22.0 Å². The maximum atomic E-state index is 11.8. The van der Waals surface area contributed by atoms with Crippen molar-refractivity contribution in [2.24, 2.45) is 0 Å². The Morgan fingerprint density at radius 1 is 1.20 bits per heavy atom. The molecule has 2 aromatic heterocycles. The van der Waals surface area contributed by atoms with Gasteiger partial charge in [0.1, 0.15) is 23.2 Å². The highest BCUT2D eigenvalue weighted by atomic mass is 35.5. The maximum Gasteiger partial charge on any atom is 0.336 e. The second-order valence-electron chi connectivity index (χ2n) is 5.56. The molecule has 4 aromatic rings. The minimum atomic E-state index is -0.459. The lowest BCUT2D eigenvalue weighted by atomic mass is 10.1. The summed E-state index contributed by atoms with van der Waals surface area (Å²) in [6.45, 7) is 1.93. The van der Waals surface area contributed by atoms with Crippen LogP contribution in [0, 0.1) is 6.92 Å². The van der Waals surface area contributed by atoms with Crippen LogP contribution in [0.5, 0.6) is 0 Å². The molecule has 0 amide bonds. The van der Waals surface area contributed by atoms with Crippen LogP contribution < -0.4 is 10.5 Å². The highest BCUT2D eigenvalue weighted by molar-refractivity contribution is 6.32. The van der Waals surface area contributed by atoms with Gasteiger partial charge in [0.2, 0.25) is 0 Å². The molecule has 0 saturated heterocycles. The summed E-state index contributed by atoms with van der Waals surface area (Å²) in [5, 5.41) is 9.79. The van der Waals surface area contributed by atoms with E-state index in [4.69, 9.17) is 32.5 Å². The van der Waals surface area contributed by atoms with E-state index in [0.717, 1.165) is 5.56 Å². The van der Waals surface area contributed by atoms with Crippen molar-refractivity contribution in [3.8, 4) is 0 Å². The maximum absolute atomic E-state index is 11.8. The third-order valence-corrected chi connectivity index (χ3v) is 4.47.